The lowest BCUT2D eigenvalue weighted by Gasteiger charge is -2.20. The second-order valence-electron chi connectivity index (χ2n) is 7.52. The van der Waals surface area contributed by atoms with Gasteiger partial charge in [-0.15, -0.1) is 0 Å². The first kappa shape index (κ1) is 23.4. The van der Waals surface area contributed by atoms with E-state index in [-0.39, 0.29) is 12.3 Å². The van der Waals surface area contributed by atoms with E-state index in [1.165, 1.54) is 5.56 Å². The molecule has 0 aliphatic heterocycles. The van der Waals surface area contributed by atoms with Crippen LogP contribution in [0.15, 0.2) is 71.4 Å². The summed E-state index contributed by atoms with van der Waals surface area (Å²) in [6.07, 6.45) is 1.56. The fourth-order valence-electron chi connectivity index (χ4n) is 3.27. The van der Waals surface area contributed by atoms with Crippen molar-refractivity contribution in [3.8, 4) is 11.1 Å². The number of carbonyl (C=O) groups excluding carboxylic acids is 3. The molecular formula is C25H27N3O3S. The van der Waals surface area contributed by atoms with Crippen molar-refractivity contribution in [1.82, 2.24) is 10.6 Å². The van der Waals surface area contributed by atoms with Gasteiger partial charge in [0.2, 0.25) is 11.8 Å². The maximum absolute atomic E-state index is 12.9. The van der Waals surface area contributed by atoms with E-state index < -0.39 is 18.0 Å². The Morgan fingerprint density at radius 2 is 1.69 bits per heavy atom. The van der Waals surface area contributed by atoms with E-state index in [9.17, 15) is 14.4 Å². The van der Waals surface area contributed by atoms with Crippen LogP contribution in [0.4, 0.5) is 0 Å². The van der Waals surface area contributed by atoms with Gasteiger partial charge in [0.15, 0.2) is 0 Å². The molecule has 2 amide bonds. The predicted molar refractivity (Wildman–Crippen MR) is 127 cm³/mol. The highest BCUT2D eigenvalue weighted by molar-refractivity contribution is 7.08. The van der Waals surface area contributed by atoms with Crippen LogP contribution in [0.5, 0.6) is 0 Å². The molecule has 0 radical (unpaired) electrons. The molecule has 0 bridgehead atoms. The highest BCUT2D eigenvalue weighted by atomic mass is 32.1. The Labute approximate surface area is 191 Å². The molecule has 4 N–H and O–H groups in total. The average molecular weight is 450 g/mol. The Morgan fingerprint density at radius 3 is 2.34 bits per heavy atom. The zero-order valence-corrected chi connectivity index (χ0v) is 18.5. The largest absolute Gasteiger partial charge is 0.350 e. The van der Waals surface area contributed by atoms with Crippen molar-refractivity contribution in [3.05, 3.63) is 82.6 Å². The van der Waals surface area contributed by atoms with Crippen molar-refractivity contribution in [1.29, 1.82) is 0 Å². The molecule has 2 atom stereocenters. The normalized spacial score (nSPS) is 12.5. The fraction of sp³-hybridized carbons (Fsp3) is 0.240. The Kier molecular flexibility index (Phi) is 8.71. The van der Waals surface area contributed by atoms with Gasteiger partial charge < -0.3 is 21.2 Å². The summed E-state index contributed by atoms with van der Waals surface area (Å²) >= 11 is 1.65. The molecule has 32 heavy (non-hydrogen) atoms. The summed E-state index contributed by atoms with van der Waals surface area (Å²) in [6, 6.07) is 18.1. The molecule has 0 aliphatic carbocycles. The van der Waals surface area contributed by atoms with Gasteiger partial charge in [0.1, 0.15) is 12.3 Å². The first-order valence-corrected chi connectivity index (χ1v) is 11.4. The molecular weight excluding hydrogens is 422 g/mol. The number of hydrogen-bond acceptors (Lipinski definition) is 5. The van der Waals surface area contributed by atoms with Crippen LogP contribution in [-0.2, 0) is 27.3 Å². The topological polar surface area (TPSA) is 101 Å². The number of rotatable bonds is 11. The lowest BCUT2D eigenvalue weighted by Crippen LogP contribution is -2.51. The Hall–Kier alpha value is -3.29. The van der Waals surface area contributed by atoms with Crippen LogP contribution in [-0.4, -0.2) is 30.2 Å². The third-order valence-corrected chi connectivity index (χ3v) is 5.84. The highest BCUT2D eigenvalue weighted by Gasteiger charge is 2.23. The third-order valence-electron chi connectivity index (χ3n) is 5.16. The molecule has 0 aliphatic rings. The van der Waals surface area contributed by atoms with Crippen molar-refractivity contribution >= 4 is 29.4 Å². The Balaban J connectivity index is 1.61. The van der Waals surface area contributed by atoms with E-state index in [0.29, 0.717) is 25.7 Å². The zero-order valence-electron chi connectivity index (χ0n) is 17.7. The van der Waals surface area contributed by atoms with Crippen LogP contribution in [0.1, 0.15) is 24.0 Å². The number of amides is 2. The number of nitrogens with two attached hydrogens (primary N) is 1. The quantitative estimate of drug-likeness (QED) is 0.392. The minimum atomic E-state index is -0.968. The van der Waals surface area contributed by atoms with Gasteiger partial charge in [-0.25, -0.2) is 0 Å². The lowest BCUT2D eigenvalue weighted by molar-refractivity contribution is -0.130. The molecule has 1 aromatic heterocycles. The summed E-state index contributed by atoms with van der Waals surface area (Å²) in [6.45, 7) is 0.348. The van der Waals surface area contributed by atoms with E-state index in [4.69, 9.17) is 5.73 Å². The molecule has 1 heterocycles. The highest BCUT2D eigenvalue weighted by Crippen LogP contribution is 2.22. The second-order valence-corrected chi connectivity index (χ2v) is 8.30. The van der Waals surface area contributed by atoms with Crippen LogP contribution >= 0.6 is 11.3 Å². The maximum Gasteiger partial charge on any atom is 0.242 e. The SMILES string of the molecule is NC(CC=O)C(=O)NC(CCc1ccccc1)C(=O)NCc1ccc(-c2ccsc2)cc1. The summed E-state index contributed by atoms with van der Waals surface area (Å²) in [5.74, 6) is -0.792. The van der Waals surface area contributed by atoms with Gasteiger partial charge >= 0.3 is 0 Å². The van der Waals surface area contributed by atoms with Gasteiger partial charge in [0.25, 0.3) is 0 Å². The zero-order chi connectivity index (χ0) is 22.8. The number of thiophene rings is 1. The minimum Gasteiger partial charge on any atom is -0.350 e. The fourth-order valence-corrected chi connectivity index (χ4v) is 3.94. The molecule has 2 aromatic carbocycles. The lowest BCUT2D eigenvalue weighted by atomic mass is 10.0. The number of benzene rings is 2. The first-order valence-electron chi connectivity index (χ1n) is 10.5. The molecule has 3 aromatic rings. The van der Waals surface area contributed by atoms with Crippen LogP contribution < -0.4 is 16.4 Å². The van der Waals surface area contributed by atoms with Gasteiger partial charge in [-0.3, -0.25) is 9.59 Å². The van der Waals surface area contributed by atoms with Gasteiger partial charge in [-0.05, 0) is 51.9 Å². The molecule has 6 nitrogen and oxygen atoms in total. The maximum atomic E-state index is 12.9. The summed E-state index contributed by atoms with van der Waals surface area (Å²) in [5, 5.41) is 9.73. The predicted octanol–water partition coefficient (Wildman–Crippen LogP) is 3.07. The van der Waals surface area contributed by atoms with Crippen molar-refractivity contribution in [2.24, 2.45) is 5.73 Å². The average Bonchev–Trinajstić information content (AvgIpc) is 3.36. The van der Waals surface area contributed by atoms with E-state index in [2.05, 4.69) is 22.1 Å². The van der Waals surface area contributed by atoms with Crippen molar-refractivity contribution in [2.75, 3.05) is 0 Å². The standard InChI is InChI=1S/C25H27N3O3S/c26-22(12-14-29)24(30)28-23(11-8-18-4-2-1-3-5-18)25(31)27-16-19-6-9-20(10-7-19)21-13-15-32-17-21/h1-7,9-10,13-15,17,22-23H,8,11-12,16,26H2,(H,27,31)(H,28,30). The Morgan fingerprint density at radius 1 is 0.938 bits per heavy atom. The molecule has 0 saturated heterocycles. The molecule has 0 saturated carbocycles. The van der Waals surface area contributed by atoms with Gasteiger partial charge in [-0.2, -0.15) is 11.3 Å². The van der Waals surface area contributed by atoms with Crippen LogP contribution in [0.2, 0.25) is 0 Å². The van der Waals surface area contributed by atoms with Crippen LogP contribution in [0, 0.1) is 0 Å². The molecule has 0 fully saturated rings. The van der Waals surface area contributed by atoms with E-state index in [1.54, 1.807) is 11.3 Å². The summed E-state index contributed by atoms with van der Waals surface area (Å²) < 4.78 is 0. The van der Waals surface area contributed by atoms with E-state index >= 15 is 0 Å². The van der Waals surface area contributed by atoms with Gasteiger partial charge in [0, 0.05) is 13.0 Å². The van der Waals surface area contributed by atoms with Crippen molar-refractivity contribution in [2.45, 2.75) is 37.9 Å². The number of aryl methyl sites for hydroxylation is 1. The van der Waals surface area contributed by atoms with Gasteiger partial charge in [0.05, 0.1) is 6.04 Å². The minimum absolute atomic E-state index is 0.0880. The summed E-state index contributed by atoms with van der Waals surface area (Å²) in [5.41, 5.74) is 10.1. The summed E-state index contributed by atoms with van der Waals surface area (Å²) in [4.78, 5) is 35.9. The van der Waals surface area contributed by atoms with Crippen molar-refractivity contribution in [3.63, 3.8) is 0 Å². The summed E-state index contributed by atoms with van der Waals surface area (Å²) in [7, 11) is 0. The van der Waals surface area contributed by atoms with Crippen LogP contribution in [0.3, 0.4) is 0 Å². The third kappa shape index (κ3) is 6.87. The first-order chi connectivity index (χ1) is 15.6. The van der Waals surface area contributed by atoms with Gasteiger partial charge in [-0.1, -0.05) is 54.6 Å². The second kappa shape index (κ2) is 11.9. The molecule has 3 rings (SSSR count). The number of nitrogens with one attached hydrogen (secondary N) is 2. The monoisotopic (exact) mass is 449 g/mol. The number of aldehydes is 1. The van der Waals surface area contributed by atoms with Crippen LogP contribution in [0.25, 0.3) is 11.1 Å². The molecule has 7 heteroatoms. The van der Waals surface area contributed by atoms with E-state index in [1.807, 2.05) is 60.0 Å². The Bertz CT molecular complexity index is 1000. The molecule has 0 spiro atoms. The van der Waals surface area contributed by atoms with Crippen molar-refractivity contribution < 1.29 is 14.4 Å². The molecule has 2 unspecified atom stereocenters. The molecule has 166 valence electrons. The van der Waals surface area contributed by atoms with E-state index in [0.717, 1.165) is 16.7 Å². The number of carbonyl (C=O) groups is 3. The smallest absolute Gasteiger partial charge is 0.242 e. The number of hydrogen-bond donors (Lipinski definition) is 3.